The van der Waals surface area contributed by atoms with Crippen molar-refractivity contribution < 1.29 is 19.2 Å². The summed E-state index contributed by atoms with van der Waals surface area (Å²) in [6.07, 6.45) is 2.90. The maximum absolute atomic E-state index is 12.4. The van der Waals surface area contributed by atoms with Crippen molar-refractivity contribution in [3.8, 4) is 5.75 Å². The van der Waals surface area contributed by atoms with Crippen LogP contribution in [0, 0.1) is 10.1 Å². The zero-order chi connectivity index (χ0) is 17.1. The molecule has 8 heteroatoms. The molecule has 1 amide bonds. The topological polar surface area (TPSA) is 102 Å². The summed E-state index contributed by atoms with van der Waals surface area (Å²) < 4.78 is 5.27. The zero-order valence-electron chi connectivity index (χ0n) is 13.1. The fraction of sp³-hybridized carbons (Fsp3) is 0.500. The monoisotopic (exact) mass is 333 g/mol. The van der Waals surface area contributed by atoms with E-state index in [1.54, 1.807) is 0 Å². The van der Waals surface area contributed by atoms with Crippen molar-refractivity contribution in [1.82, 2.24) is 10.2 Å². The summed E-state index contributed by atoms with van der Waals surface area (Å²) in [6.45, 7) is 0.862. The molecule has 1 aromatic carbocycles. The molecule has 0 spiro atoms. The van der Waals surface area contributed by atoms with Crippen molar-refractivity contribution in [3.63, 3.8) is 0 Å². The normalized spacial score (nSPS) is 19.8. The number of benzene rings is 1. The van der Waals surface area contributed by atoms with Gasteiger partial charge in [0.2, 0.25) is 0 Å². The summed E-state index contributed by atoms with van der Waals surface area (Å²) in [7, 11) is 0. The van der Waals surface area contributed by atoms with E-state index in [2.05, 4.69) is 5.32 Å². The van der Waals surface area contributed by atoms with Crippen LogP contribution in [0.2, 0.25) is 0 Å². The first-order valence-corrected chi connectivity index (χ1v) is 8.03. The largest absolute Gasteiger partial charge is 0.415 e. The smallest absolute Gasteiger partial charge is 0.410 e. The molecule has 1 saturated carbocycles. The highest BCUT2D eigenvalue weighted by Gasteiger charge is 2.36. The third kappa shape index (κ3) is 3.88. The van der Waals surface area contributed by atoms with E-state index in [1.165, 1.54) is 29.2 Å². The van der Waals surface area contributed by atoms with E-state index in [-0.39, 0.29) is 35.8 Å². The number of non-ortho nitro benzene ring substituents is 1. The average molecular weight is 333 g/mol. The van der Waals surface area contributed by atoms with Crippen LogP contribution in [-0.4, -0.2) is 46.9 Å². The first kappa shape index (κ1) is 16.4. The number of nitrogens with one attached hydrogen (secondary N) is 1. The average Bonchev–Trinajstić information content (AvgIpc) is 3.25. The molecule has 0 radical (unpaired) electrons. The lowest BCUT2D eigenvalue weighted by molar-refractivity contribution is -0.384. The van der Waals surface area contributed by atoms with Gasteiger partial charge in [0, 0.05) is 18.2 Å². The molecule has 1 saturated heterocycles. The molecular weight excluding hydrogens is 314 g/mol. The number of nitro benzene ring substituents is 1. The van der Waals surface area contributed by atoms with E-state index < -0.39 is 11.0 Å². The highest BCUT2D eigenvalue weighted by atomic mass is 16.6. The lowest BCUT2D eigenvalue weighted by Crippen LogP contribution is -2.44. The number of hydrogen-bond acceptors (Lipinski definition) is 6. The second-order valence-electron chi connectivity index (χ2n) is 6.09. The summed E-state index contributed by atoms with van der Waals surface area (Å²) >= 11 is 0. The molecule has 24 heavy (non-hydrogen) atoms. The number of amides is 1. The number of hydrogen-bond donors (Lipinski definition) is 1. The molecule has 3 rings (SSSR count). The van der Waals surface area contributed by atoms with Crippen LogP contribution in [0.1, 0.15) is 25.7 Å². The molecular formula is C16H19N3O5. The number of Topliss-reactive ketones (excluding diaryl/α,β-unsaturated/α-hetero) is 1. The summed E-state index contributed by atoms with van der Waals surface area (Å²) in [5, 5.41) is 13.8. The Morgan fingerprint density at radius 3 is 2.50 bits per heavy atom. The molecule has 2 aliphatic rings. The van der Waals surface area contributed by atoms with Gasteiger partial charge in [-0.25, -0.2) is 4.79 Å². The van der Waals surface area contributed by atoms with E-state index >= 15 is 0 Å². The minimum absolute atomic E-state index is 0.0000458. The van der Waals surface area contributed by atoms with E-state index in [0.717, 1.165) is 32.2 Å². The first-order chi connectivity index (χ1) is 11.5. The van der Waals surface area contributed by atoms with Crippen LogP contribution in [0.25, 0.3) is 0 Å². The number of carbonyl (C=O) groups is 2. The molecule has 0 bridgehead atoms. The van der Waals surface area contributed by atoms with Crippen molar-refractivity contribution in [2.75, 3.05) is 13.1 Å². The Bertz CT molecular complexity index is 636. The minimum Gasteiger partial charge on any atom is -0.410 e. The van der Waals surface area contributed by atoms with E-state index in [4.69, 9.17) is 4.74 Å². The summed E-state index contributed by atoms with van der Waals surface area (Å²) in [6, 6.07) is 5.16. The van der Waals surface area contributed by atoms with Crippen molar-refractivity contribution in [2.45, 2.75) is 37.8 Å². The predicted octanol–water partition coefficient (Wildman–Crippen LogP) is 1.88. The number of ketones is 1. The van der Waals surface area contributed by atoms with Gasteiger partial charge in [-0.15, -0.1) is 0 Å². The molecule has 0 aromatic heterocycles. The molecule has 1 aliphatic heterocycles. The van der Waals surface area contributed by atoms with E-state index in [1.807, 2.05) is 0 Å². The Kier molecular flexibility index (Phi) is 4.75. The molecule has 128 valence electrons. The third-order valence-corrected chi connectivity index (χ3v) is 4.25. The Morgan fingerprint density at radius 2 is 1.96 bits per heavy atom. The number of ether oxygens (including phenoxy) is 1. The van der Waals surface area contributed by atoms with Crippen LogP contribution in [0.4, 0.5) is 10.5 Å². The maximum atomic E-state index is 12.4. The van der Waals surface area contributed by atoms with Crippen molar-refractivity contribution in [3.05, 3.63) is 34.4 Å². The highest BCUT2D eigenvalue weighted by molar-refractivity contribution is 5.89. The maximum Gasteiger partial charge on any atom is 0.415 e. The van der Waals surface area contributed by atoms with Gasteiger partial charge < -0.3 is 10.1 Å². The second-order valence-corrected chi connectivity index (χ2v) is 6.09. The highest BCUT2D eigenvalue weighted by Crippen LogP contribution is 2.28. The third-order valence-electron chi connectivity index (χ3n) is 4.25. The van der Waals surface area contributed by atoms with E-state index in [9.17, 15) is 19.7 Å². The zero-order valence-corrected chi connectivity index (χ0v) is 13.1. The van der Waals surface area contributed by atoms with Crippen molar-refractivity contribution >= 4 is 17.6 Å². The lowest BCUT2D eigenvalue weighted by atomic mass is 10.1. The molecule has 0 unspecified atom stereocenters. The quantitative estimate of drug-likeness (QED) is 0.630. The molecule has 2 fully saturated rings. The van der Waals surface area contributed by atoms with Gasteiger partial charge in [-0.1, -0.05) is 0 Å². The summed E-state index contributed by atoms with van der Waals surface area (Å²) in [4.78, 5) is 36.2. The lowest BCUT2D eigenvalue weighted by Gasteiger charge is -2.22. The standard InChI is InChI=1S/C16H19N3O5/c20-15(14-2-1-9-17-14)10-18(11-3-4-11)16(21)24-13-7-5-12(6-8-13)19(22)23/h5-8,11,14,17H,1-4,9-10H2/t14-/m0/s1. The van der Waals surface area contributed by atoms with Crippen molar-refractivity contribution in [1.29, 1.82) is 0 Å². The number of carbonyl (C=O) groups excluding carboxylic acids is 2. The summed E-state index contributed by atoms with van der Waals surface area (Å²) in [5.41, 5.74) is -0.0728. The fourth-order valence-corrected chi connectivity index (χ4v) is 2.76. The molecule has 1 heterocycles. The van der Waals surface area contributed by atoms with Crippen LogP contribution in [-0.2, 0) is 4.79 Å². The predicted molar refractivity (Wildman–Crippen MR) is 84.9 cm³/mol. The van der Waals surface area contributed by atoms with Gasteiger partial charge in [-0.2, -0.15) is 0 Å². The van der Waals surface area contributed by atoms with Gasteiger partial charge in [0.15, 0.2) is 5.78 Å². The number of rotatable bonds is 6. The van der Waals surface area contributed by atoms with Crippen LogP contribution >= 0.6 is 0 Å². The second kappa shape index (κ2) is 6.96. The van der Waals surface area contributed by atoms with Gasteiger partial charge in [0.1, 0.15) is 5.75 Å². The molecule has 1 aliphatic carbocycles. The van der Waals surface area contributed by atoms with Gasteiger partial charge in [-0.3, -0.25) is 19.8 Å². The Hall–Kier alpha value is -2.48. The molecule has 8 nitrogen and oxygen atoms in total. The Labute approximate surface area is 138 Å². The van der Waals surface area contributed by atoms with Gasteiger partial charge >= 0.3 is 6.09 Å². The van der Waals surface area contributed by atoms with Crippen molar-refractivity contribution in [2.24, 2.45) is 0 Å². The van der Waals surface area contributed by atoms with Crippen LogP contribution < -0.4 is 10.1 Å². The van der Waals surface area contributed by atoms with Gasteiger partial charge in [-0.05, 0) is 44.4 Å². The fourth-order valence-electron chi connectivity index (χ4n) is 2.76. The van der Waals surface area contributed by atoms with Crippen LogP contribution in [0.5, 0.6) is 5.75 Å². The first-order valence-electron chi connectivity index (χ1n) is 8.03. The minimum atomic E-state index is -0.585. The Balaban J connectivity index is 1.61. The van der Waals surface area contributed by atoms with E-state index in [0.29, 0.717) is 0 Å². The van der Waals surface area contributed by atoms with Gasteiger partial charge in [0.05, 0.1) is 17.5 Å². The van der Waals surface area contributed by atoms with Crippen LogP contribution in [0.15, 0.2) is 24.3 Å². The number of nitro groups is 1. The SMILES string of the molecule is O=C(CN(C(=O)Oc1ccc([N+](=O)[O-])cc1)C1CC1)[C@@H]1CCCN1. The van der Waals surface area contributed by atoms with Gasteiger partial charge in [0.25, 0.3) is 5.69 Å². The molecule has 1 N–H and O–H groups in total. The summed E-state index contributed by atoms with van der Waals surface area (Å²) in [5.74, 6) is 0.225. The molecule has 1 aromatic rings. The molecule has 1 atom stereocenters. The van der Waals surface area contributed by atoms with Crippen LogP contribution in [0.3, 0.4) is 0 Å². The Morgan fingerprint density at radius 1 is 1.25 bits per heavy atom. The number of nitrogens with zero attached hydrogens (tertiary/aromatic N) is 2.